The van der Waals surface area contributed by atoms with Gasteiger partial charge in [0.2, 0.25) is 5.91 Å². The molecule has 0 radical (unpaired) electrons. The number of aliphatic carboxylic acids is 1. The van der Waals surface area contributed by atoms with Gasteiger partial charge in [0.15, 0.2) is 0 Å². The van der Waals surface area contributed by atoms with Crippen LogP contribution in [-0.4, -0.2) is 61.3 Å². The minimum Gasteiger partial charge on any atom is -0.481 e. The third-order valence-electron chi connectivity index (χ3n) is 2.89. The first kappa shape index (κ1) is 13.9. The second-order valence-electron chi connectivity index (χ2n) is 4.14. The molecule has 1 heterocycles. The summed E-state index contributed by atoms with van der Waals surface area (Å²) in [5, 5.41) is 11.4. The fourth-order valence-corrected chi connectivity index (χ4v) is 1.94. The maximum absolute atomic E-state index is 11.1. The highest BCUT2D eigenvalue weighted by Gasteiger charge is 2.24. The average Bonchev–Trinajstić information content (AvgIpc) is 2.30. The van der Waals surface area contributed by atoms with Crippen LogP contribution in [-0.2, 0) is 14.3 Å². The standard InChI is InChI=1S/C11H20N2O4/c1-12-10(14)3-2-4-13-5-6-17-8-9(13)7-11(15)16/h9H,2-8H2,1H3,(H,12,14)(H,15,16). The molecule has 0 spiro atoms. The van der Waals surface area contributed by atoms with Crippen LogP contribution in [0.1, 0.15) is 19.3 Å². The summed E-state index contributed by atoms with van der Waals surface area (Å²) in [6.45, 7) is 2.59. The number of carbonyl (C=O) groups is 2. The number of carboxylic acids is 1. The van der Waals surface area contributed by atoms with E-state index >= 15 is 0 Å². The molecule has 1 saturated heterocycles. The van der Waals surface area contributed by atoms with E-state index in [-0.39, 0.29) is 18.4 Å². The number of hydrogen-bond acceptors (Lipinski definition) is 4. The number of amides is 1. The van der Waals surface area contributed by atoms with Crippen LogP contribution in [0.25, 0.3) is 0 Å². The van der Waals surface area contributed by atoms with Gasteiger partial charge < -0.3 is 15.2 Å². The zero-order chi connectivity index (χ0) is 12.7. The maximum Gasteiger partial charge on any atom is 0.305 e. The smallest absolute Gasteiger partial charge is 0.305 e. The average molecular weight is 244 g/mol. The first-order valence-corrected chi connectivity index (χ1v) is 5.87. The minimum atomic E-state index is -0.809. The lowest BCUT2D eigenvalue weighted by molar-refractivity contribution is -0.140. The molecule has 17 heavy (non-hydrogen) atoms. The Kier molecular flexibility index (Phi) is 5.93. The summed E-state index contributed by atoms with van der Waals surface area (Å²) in [6, 6.07) is -0.0639. The van der Waals surface area contributed by atoms with Gasteiger partial charge in [0.1, 0.15) is 0 Å². The number of carboxylic acid groups (broad SMARTS) is 1. The van der Waals surface area contributed by atoms with Crippen LogP contribution >= 0.6 is 0 Å². The van der Waals surface area contributed by atoms with Crippen LogP contribution in [0, 0.1) is 0 Å². The predicted octanol–water partition coefficient (Wildman–Crippen LogP) is -0.312. The number of hydrogen-bond donors (Lipinski definition) is 2. The van der Waals surface area contributed by atoms with E-state index in [1.54, 1.807) is 7.05 Å². The minimum absolute atomic E-state index is 0.0213. The van der Waals surface area contributed by atoms with Gasteiger partial charge >= 0.3 is 5.97 Å². The van der Waals surface area contributed by atoms with E-state index in [1.807, 2.05) is 0 Å². The normalized spacial score (nSPS) is 21.1. The van der Waals surface area contributed by atoms with E-state index < -0.39 is 5.97 Å². The summed E-state index contributed by atoms with van der Waals surface area (Å²) in [6.07, 6.45) is 1.32. The van der Waals surface area contributed by atoms with E-state index in [0.717, 1.165) is 19.5 Å². The van der Waals surface area contributed by atoms with Gasteiger partial charge in [0.25, 0.3) is 0 Å². The first-order valence-electron chi connectivity index (χ1n) is 5.87. The Morgan fingerprint density at radius 1 is 1.53 bits per heavy atom. The Morgan fingerprint density at radius 3 is 2.94 bits per heavy atom. The van der Waals surface area contributed by atoms with Crippen LogP contribution in [0.15, 0.2) is 0 Å². The third-order valence-corrected chi connectivity index (χ3v) is 2.89. The van der Waals surface area contributed by atoms with E-state index in [9.17, 15) is 9.59 Å². The molecule has 6 nitrogen and oxygen atoms in total. The topological polar surface area (TPSA) is 78.9 Å². The molecule has 0 bridgehead atoms. The number of ether oxygens (including phenoxy) is 1. The van der Waals surface area contributed by atoms with Crippen molar-refractivity contribution in [3.05, 3.63) is 0 Å². The molecule has 0 aromatic rings. The van der Waals surface area contributed by atoms with Crippen molar-refractivity contribution < 1.29 is 19.4 Å². The molecular formula is C11H20N2O4. The van der Waals surface area contributed by atoms with Crippen molar-refractivity contribution in [1.82, 2.24) is 10.2 Å². The molecule has 0 saturated carbocycles. The van der Waals surface area contributed by atoms with Crippen molar-refractivity contribution in [3.8, 4) is 0 Å². The fourth-order valence-electron chi connectivity index (χ4n) is 1.94. The monoisotopic (exact) mass is 244 g/mol. The number of rotatable bonds is 6. The number of morpholine rings is 1. The van der Waals surface area contributed by atoms with Gasteiger partial charge in [-0.3, -0.25) is 14.5 Å². The van der Waals surface area contributed by atoms with Gasteiger partial charge in [0.05, 0.1) is 19.6 Å². The Labute approximate surface area is 101 Å². The highest BCUT2D eigenvalue weighted by molar-refractivity contribution is 5.75. The largest absolute Gasteiger partial charge is 0.481 e. The zero-order valence-corrected chi connectivity index (χ0v) is 10.1. The fraction of sp³-hybridized carbons (Fsp3) is 0.818. The Bertz CT molecular complexity index is 270. The van der Waals surface area contributed by atoms with Gasteiger partial charge in [-0.1, -0.05) is 0 Å². The number of nitrogens with one attached hydrogen (secondary N) is 1. The maximum atomic E-state index is 11.1. The molecule has 98 valence electrons. The lowest BCUT2D eigenvalue weighted by Gasteiger charge is -2.34. The van der Waals surface area contributed by atoms with Crippen molar-refractivity contribution in [2.24, 2.45) is 0 Å². The van der Waals surface area contributed by atoms with Crippen molar-refractivity contribution in [1.29, 1.82) is 0 Å². The van der Waals surface area contributed by atoms with Crippen LogP contribution in [0.4, 0.5) is 0 Å². The van der Waals surface area contributed by atoms with E-state index in [4.69, 9.17) is 9.84 Å². The summed E-state index contributed by atoms with van der Waals surface area (Å²) in [7, 11) is 1.62. The Morgan fingerprint density at radius 2 is 2.29 bits per heavy atom. The van der Waals surface area contributed by atoms with Crippen molar-refractivity contribution >= 4 is 11.9 Å². The molecule has 1 amide bonds. The molecule has 0 aliphatic carbocycles. The lowest BCUT2D eigenvalue weighted by atomic mass is 10.1. The van der Waals surface area contributed by atoms with Crippen molar-refractivity contribution in [2.45, 2.75) is 25.3 Å². The van der Waals surface area contributed by atoms with Gasteiger partial charge in [-0.15, -0.1) is 0 Å². The molecule has 1 atom stereocenters. The van der Waals surface area contributed by atoms with Crippen LogP contribution in [0.5, 0.6) is 0 Å². The SMILES string of the molecule is CNC(=O)CCCN1CCOCC1CC(=O)O. The number of nitrogens with zero attached hydrogens (tertiary/aromatic N) is 1. The van der Waals surface area contributed by atoms with Gasteiger partial charge in [-0.2, -0.15) is 0 Å². The summed E-state index contributed by atoms with van der Waals surface area (Å²) >= 11 is 0. The predicted molar refractivity (Wildman–Crippen MR) is 61.7 cm³/mol. The molecule has 1 rings (SSSR count). The summed E-state index contributed by atoms with van der Waals surface area (Å²) in [4.78, 5) is 23.9. The summed E-state index contributed by atoms with van der Waals surface area (Å²) in [5.41, 5.74) is 0. The lowest BCUT2D eigenvalue weighted by Crippen LogP contribution is -2.46. The molecule has 1 fully saturated rings. The van der Waals surface area contributed by atoms with E-state index in [0.29, 0.717) is 19.6 Å². The second-order valence-corrected chi connectivity index (χ2v) is 4.14. The van der Waals surface area contributed by atoms with Gasteiger partial charge in [-0.25, -0.2) is 0 Å². The van der Waals surface area contributed by atoms with Crippen molar-refractivity contribution in [2.75, 3.05) is 33.4 Å². The van der Waals surface area contributed by atoms with Gasteiger partial charge in [0, 0.05) is 26.1 Å². The molecule has 0 aromatic heterocycles. The number of carbonyl (C=O) groups excluding carboxylic acids is 1. The van der Waals surface area contributed by atoms with Crippen LogP contribution < -0.4 is 5.32 Å². The molecule has 1 aliphatic rings. The van der Waals surface area contributed by atoms with E-state index in [2.05, 4.69) is 10.2 Å². The molecule has 1 unspecified atom stereocenters. The van der Waals surface area contributed by atoms with Crippen molar-refractivity contribution in [3.63, 3.8) is 0 Å². The third kappa shape index (κ3) is 5.14. The highest BCUT2D eigenvalue weighted by Crippen LogP contribution is 2.11. The Balaban J connectivity index is 2.32. The quantitative estimate of drug-likeness (QED) is 0.670. The summed E-state index contributed by atoms with van der Waals surface area (Å²) in [5.74, 6) is -0.787. The molecule has 2 N–H and O–H groups in total. The Hall–Kier alpha value is -1.14. The zero-order valence-electron chi connectivity index (χ0n) is 10.1. The second kappa shape index (κ2) is 7.24. The highest BCUT2D eigenvalue weighted by atomic mass is 16.5. The van der Waals surface area contributed by atoms with E-state index in [1.165, 1.54) is 0 Å². The van der Waals surface area contributed by atoms with Crippen LogP contribution in [0.3, 0.4) is 0 Å². The van der Waals surface area contributed by atoms with Gasteiger partial charge in [-0.05, 0) is 13.0 Å². The summed E-state index contributed by atoms with van der Waals surface area (Å²) < 4.78 is 5.28. The molecular weight excluding hydrogens is 224 g/mol. The molecule has 1 aliphatic heterocycles. The first-order chi connectivity index (χ1) is 8.13. The van der Waals surface area contributed by atoms with Crippen LogP contribution in [0.2, 0.25) is 0 Å². The molecule has 0 aromatic carbocycles. The molecule has 6 heteroatoms.